The zero-order valence-electron chi connectivity index (χ0n) is 16.2. The molecule has 3 N–H and O–H groups in total. The molecule has 0 aromatic heterocycles. The van der Waals surface area contributed by atoms with Gasteiger partial charge in [-0.2, -0.15) is 5.26 Å². The predicted molar refractivity (Wildman–Crippen MR) is 90.5 cm³/mol. The summed E-state index contributed by atoms with van der Waals surface area (Å²) in [6.45, 7) is 1.02. The molecule has 9 nitrogen and oxygen atoms in total. The molecule has 1 heterocycles. The van der Waals surface area contributed by atoms with Crippen molar-refractivity contribution < 1.29 is 98.0 Å². The molecule has 0 radical (unpaired) electrons. The van der Waals surface area contributed by atoms with Crippen LogP contribution in [0.1, 0.15) is 51.4 Å². The monoisotopic (exact) mass is 532 g/mol. The van der Waals surface area contributed by atoms with Crippen LogP contribution in [-0.4, -0.2) is 51.1 Å². The minimum Gasteiger partial charge on any atom is -0.790 e. The van der Waals surface area contributed by atoms with Crippen LogP contribution in [0.2, 0.25) is 0 Å². The summed E-state index contributed by atoms with van der Waals surface area (Å²) in [4.78, 5) is 38.4. The molecule has 0 spiro atoms. The van der Waals surface area contributed by atoms with Crippen molar-refractivity contribution in [2.24, 2.45) is 11.8 Å². The van der Waals surface area contributed by atoms with Gasteiger partial charge in [0, 0.05) is 12.1 Å². The summed E-state index contributed by atoms with van der Waals surface area (Å²) in [6.07, 6.45) is 7.87. The van der Waals surface area contributed by atoms with Gasteiger partial charge in [0.2, 0.25) is 5.91 Å². The second kappa shape index (κ2) is 9.67. The summed E-state index contributed by atoms with van der Waals surface area (Å²) in [5.41, 5.74) is -0.542. The van der Waals surface area contributed by atoms with Crippen LogP contribution >= 0.6 is 7.82 Å². The minimum absolute atomic E-state index is 0. The molecule has 152 valence electrons. The fourth-order valence-corrected chi connectivity index (χ4v) is 5.99. The maximum atomic E-state index is 12.4. The Morgan fingerprint density at radius 1 is 1.29 bits per heavy atom. The van der Waals surface area contributed by atoms with Crippen LogP contribution in [0.3, 0.4) is 0 Å². The molecule has 4 bridgehead atoms. The van der Waals surface area contributed by atoms with Crippen molar-refractivity contribution in [3.63, 3.8) is 0 Å². The van der Waals surface area contributed by atoms with Crippen LogP contribution in [-0.2, 0) is 9.36 Å². The Hall–Kier alpha value is 1.04. The summed E-state index contributed by atoms with van der Waals surface area (Å²) in [5.74, 6) is 1.28. The zero-order chi connectivity index (χ0) is 19.9. The van der Waals surface area contributed by atoms with E-state index in [1.807, 2.05) is 0 Å². The van der Waals surface area contributed by atoms with Crippen molar-refractivity contribution >= 4 is 13.7 Å². The number of nitrogens with one attached hydrogen (secondary N) is 1. The summed E-state index contributed by atoms with van der Waals surface area (Å²) in [6, 6.07) is 1.99. The molecule has 4 saturated carbocycles. The first-order chi connectivity index (χ1) is 12.5. The Bertz CT molecular complexity index is 658. The van der Waals surface area contributed by atoms with Crippen LogP contribution in [0, 0.1) is 23.2 Å². The first kappa shape index (κ1) is 25.3. The van der Waals surface area contributed by atoms with Crippen molar-refractivity contribution in [3.8, 4) is 6.07 Å². The summed E-state index contributed by atoms with van der Waals surface area (Å²) < 4.78 is 8.66. The maximum Gasteiger partial charge on any atom is 1.00 e. The Morgan fingerprint density at radius 3 is 2.36 bits per heavy atom. The van der Waals surface area contributed by atoms with Gasteiger partial charge in [-0.15, -0.1) is 0 Å². The van der Waals surface area contributed by atoms with E-state index in [9.17, 15) is 9.90 Å². The van der Waals surface area contributed by atoms with Gasteiger partial charge in [0.25, 0.3) is 0 Å². The summed E-state index contributed by atoms with van der Waals surface area (Å²) in [5, 5.41) is 23.4. The summed E-state index contributed by atoms with van der Waals surface area (Å²) in [7, 11) is -5.14. The van der Waals surface area contributed by atoms with E-state index in [4.69, 9.17) is 24.5 Å². The number of carbonyl (C=O) groups is 1. The van der Waals surface area contributed by atoms with Crippen molar-refractivity contribution in [1.82, 2.24) is 10.2 Å². The molecule has 5 fully saturated rings. The molecule has 28 heavy (non-hydrogen) atoms. The predicted octanol–water partition coefficient (Wildman–Crippen LogP) is -4.01. The van der Waals surface area contributed by atoms with Gasteiger partial charge in [0.15, 0.2) is 0 Å². The molecule has 0 aromatic carbocycles. The Balaban J connectivity index is 0.000000420. The number of rotatable bonds is 3. The zero-order valence-corrected chi connectivity index (χ0v) is 23.3. The average Bonchev–Trinajstić information content (AvgIpc) is 2.97. The molecule has 1 saturated heterocycles. The molecule has 2 unspecified atom stereocenters. The number of nitriles is 1. The third-order valence-corrected chi connectivity index (χ3v) is 6.37. The second-order valence-corrected chi connectivity index (χ2v) is 9.60. The van der Waals surface area contributed by atoms with Crippen molar-refractivity contribution in [2.75, 3.05) is 13.1 Å². The topological polar surface area (TPSA) is 160 Å². The Morgan fingerprint density at radius 2 is 1.86 bits per heavy atom. The number of hydrogen-bond acceptors (Lipinski definition) is 7. The fraction of sp³-hybridized carbons (Fsp3) is 0.882. The number of likely N-dealkylation sites (tertiary alicyclic amines) is 1. The van der Waals surface area contributed by atoms with E-state index in [1.54, 1.807) is 4.90 Å². The van der Waals surface area contributed by atoms with Gasteiger partial charge in [0.1, 0.15) is 6.04 Å². The molecule has 4 aliphatic carbocycles. The van der Waals surface area contributed by atoms with Crippen molar-refractivity contribution in [1.29, 1.82) is 5.26 Å². The number of aliphatic hydroxyl groups is 1. The number of hydrogen-bond donors (Lipinski definition) is 3. The van der Waals surface area contributed by atoms with E-state index in [2.05, 4.69) is 11.4 Å². The number of phosphoric acid groups is 1. The normalized spacial score (nSPS) is 38.2. The first-order valence-electron chi connectivity index (χ1n) is 9.42. The van der Waals surface area contributed by atoms with Crippen LogP contribution in [0.5, 0.6) is 0 Å². The van der Waals surface area contributed by atoms with E-state index in [0.29, 0.717) is 24.9 Å². The maximum absolute atomic E-state index is 12.4. The summed E-state index contributed by atoms with van der Waals surface area (Å²) >= 11 is 0. The fourth-order valence-electron chi connectivity index (χ4n) is 5.99. The molecule has 11 heteroatoms. The van der Waals surface area contributed by atoms with Crippen LogP contribution < -0.4 is 84.0 Å². The number of carbonyl (C=O) groups excluding carboxylic acids is 1. The van der Waals surface area contributed by atoms with E-state index in [1.165, 1.54) is 6.42 Å². The second-order valence-electron chi connectivity index (χ2n) is 8.66. The van der Waals surface area contributed by atoms with Gasteiger partial charge in [-0.05, 0) is 63.2 Å². The molecule has 3 atom stereocenters. The largest absolute Gasteiger partial charge is 1.00 e. The van der Waals surface area contributed by atoms with E-state index in [-0.39, 0.29) is 86.4 Å². The van der Waals surface area contributed by atoms with Gasteiger partial charge in [-0.1, -0.05) is 0 Å². The Kier molecular flexibility index (Phi) is 8.74. The SMILES string of the molecule is N#C[C@@H]1CCCN1C(=O)CNC12CC3CC(CC(O)(C3)C1)C2.O=P([O-])([O-])O.[Cs+]. The van der Waals surface area contributed by atoms with Crippen LogP contribution in [0.4, 0.5) is 0 Å². The van der Waals surface area contributed by atoms with Crippen molar-refractivity contribution in [2.45, 2.75) is 68.5 Å². The van der Waals surface area contributed by atoms with Crippen LogP contribution in [0.25, 0.3) is 0 Å². The van der Waals surface area contributed by atoms with Gasteiger partial charge >= 0.3 is 68.9 Å². The smallest absolute Gasteiger partial charge is 0.790 e. The first-order valence-corrected chi connectivity index (χ1v) is 10.9. The molecular weight excluding hydrogens is 506 g/mol. The van der Waals surface area contributed by atoms with Gasteiger partial charge in [-0.3, -0.25) is 4.79 Å². The third-order valence-electron chi connectivity index (χ3n) is 6.37. The molecule has 1 amide bonds. The molecule has 5 rings (SSSR count). The van der Waals surface area contributed by atoms with E-state index < -0.39 is 13.4 Å². The Labute approximate surface area is 223 Å². The van der Waals surface area contributed by atoms with Gasteiger partial charge in [0.05, 0.1) is 26.0 Å². The van der Waals surface area contributed by atoms with Crippen molar-refractivity contribution in [3.05, 3.63) is 0 Å². The molecular formula is C17H26CsN3O6P-. The standard InChI is InChI=1S/C17H25N3O2.Cs.H3O4P/c18-9-14-2-1-3-20(14)15(21)10-19-16-5-12-4-13(6-16)8-17(22,7-12)11-16;;1-5(2,3)4/h12-14,19,22H,1-8,10-11H2;;(H3,1,2,3,4)/q;+1;/p-2/t12?,13?,14-,16?,17?;;/m0../s1. The molecule has 5 aliphatic rings. The van der Waals surface area contributed by atoms with Crippen LogP contribution in [0.15, 0.2) is 0 Å². The minimum atomic E-state index is -5.14. The molecule has 0 aromatic rings. The average molecular weight is 532 g/mol. The van der Waals surface area contributed by atoms with Gasteiger partial charge in [-0.25, -0.2) is 0 Å². The number of amides is 1. The molecule has 1 aliphatic heterocycles. The number of nitrogens with zero attached hydrogens (tertiary/aromatic N) is 2. The van der Waals surface area contributed by atoms with E-state index in [0.717, 1.165) is 44.9 Å². The third kappa shape index (κ3) is 6.52. The van der Waals surface area contributed by atoms with Gasteiger partial charge < -0.3 is 34.6 Å². The van der Waals surface area contributed by atoms with E-state index >= 15 is 0 Å². The quantitative estimate of drug-likeness (QED) is 0.310.